The smallest absolute Gasteiger partial charge is 0.224 e. The molecule has 2 aliphatic carbocycles. The van der Waals surface area contributed by atoms with Crippen LogP contribution in [0.1, 0.15) is 38.5 Å². The first-order chi connectivity index (χ1) is 7.18. The van der Waals surface area contributed by atoms with Gasteiger partial charge in [-0.1, -0.05) is 12.8 Å². The summed E-state index contributed by atoms with van der Waals surface area (Å²) in [6.07, 6.45) is 5.80. The summed E-state index contributed by atoms with van der Waals surface area (Å²) in [6.45, 7) is 0. The average Bonchev–Trinajstić information content (AvgIpc) is 3.01. The molecule has 4 nitrogen and oxygen atoms in total. The maximum Gasteiger partial charge on any atom is 0.224 e. The van der Waals surface area contributed by atoms with Crippen molar-refractivity contribution < 1.29 is 9.59 Å². The lowest BCUT2D eigenvalue weighted by Crippen LogP contribution is -2.42. The average molecular weight is 210 g/mol. The maximum atomic E-state index is 11.8. The van der Waals surface area contributed by atoms with Gasteiger partial charge in [-0.05, 0) is 25.7 Å². The standard InChI is InChI=1S/C11H18N2O2/c12-10(14)8-3-1-2-4-9(8)11(15)13-7-5-6-7/h7-9H,1-6H2,(H2,12,14)(H,13,15). The van der Waals surface area contributed by atoms with Gasteiger partial charge in [-0.3, -0.25) is 9.59 Å². The molecule has 0 bridgehead atoms. The van der Waals surface area contributed by atoms with Crippen LogP contribution in [0.25, 0.3) is 0 Å². The van der Waals surface area contributed by atoms with Crippen LogP contribution in [0.3, 0.4) is 0 Å². The normalized spacial score (nSPS) is 30.9. The number of hydrogen-bond donors (Lipinski definition) is 2. The van der Waals surface area contributed by atoms with Gasteiger partial charge in [0.1, 0.15) is 0 Å². The van der Waals surface area contributed by atoms with Crippen LogP contribution < -0.4 is 11.1 Å². The molecule has 0 radical (unpaired) electrons. The highest BCUT2D eigenvalue weighted by atomic mass is 16.2. The summed E-state index contributed by atoms with van der Waals surface area (Å²) in [5.74, 6) is -0.680. The molecule has 0 aromatic rings. The predicted octanol–water partition coefficient (Wildman–Crippen LogP) is 0.557. The van der Waals surface area contributed by atoms with Gasteiger partial charge in [-0.15, -0.1) is 0 Å². The lowest BCUT2D eigenvalue weighted by atomic mass is 9.78. The number of rotatable bonds is 3. The summed E-state index contributed by atoms with van der Waals surface area (Å²) in [5.41, 5.74) is 5.32. The van der Waals surface area contributed by atoms with Crippen LogP contribution >= 0.6 is 0 Å². The molecule has 84 valence electrons. The van der Waals surface area contributed by atoms with Crippen molar-refractivity contribution in [3.05, 3.63) is 0 Å². The van der Waals surface area contributed by atoms with Gasteiger partial charge < -0.3 is 11.1 Å². The zero-order valence-electron chi connectivity index (χ0n) is 8.87. The molecule has 0 heterocycles. The first-order valence-corrected chi connectivity index (χ1v) is 5.78. The van der Waals surface area contributed by atoms with Crippen LogP contribution in [0, 0.1) is 11.8 Å². The molecule has 2 fully saturated rings. The first kappa shape index (κ1) is 10.5. The number of nitrogens with one attached hydrogen (secondary N) is 1. The van der Waals surface area contributed by atoms with Crippen LogP contribution in [-0.4, -0.2) is 17.9 Å². The number of nitrogens with two attached hydrogens (primary N) is 1. The van der Waals surface area contributed by atoms with Gasteiger partial charge in [-0.2, -0.15) is 0 Å². The van der Waals surface area contributed by atoms with Gasteiger partial charge in [0, 0.05) is 17.9 Å². The van der Waals surface area contributed by atoms with Crippen molar-refractivity contribution >= 4 is 11.8 Å². The van der Waals surface area contributed by atoms with Crippen LogP contribution in [0.5, 0.6) is 0 Å². The van der Waals surface area contributed by atoms with E-state index in [2.05, 4.69) is 5.32 Å². The second kappa shape index (κ2) is 4.21. The third kappa shape index (κ3) is 2.49. The monoisotopic (exact) mass is 210 g/mol. The molecule has 2 rings (SSSR count). The Morgan fingerprint density at radius 2 is 1.60 bits per heavy atom. The Morgan fingerprint density at radius 1 is 1.00 bits per heavy atom. The van der Waals surface area contributed by atoms with E-state index >= 15 is 0 Å². The molecule has 2 amide bonds. The van der Waals surface area contributed by atoms with E-state index in [-0.39, 0.29) is 23.7 Å². The molecule has 0 saturated heterocycles. The SMILES string of the molecule is NC(=O)C1CCCCC1C(=O)NC1CC1. The predicted molar refractivity (Wildman–Crippen MR) is 55.8 cm³/mol. The number of carbonyl (C=O) groups excluding carboxylic acids is 2. The highest BCUT2D eigenvalue weighted by Gasteiger charge is 2.36. The van der Waals surface area contributed by atoms with Crippen molar-refractivity contribution in [1.29, 1.82) is 0 Å². The summed E-state index contributed by atoms with van der Waals surface area (Å²) >= 11 is 0. The van der Waals surface area contributed by atoms with E-state index in [1.54, 1.807) is 0 Å². The Balaban J connectivity index is 1.96. The lowest BCUT2D eigenvalue weighted by Gasteiger charge is -2.28. The Bertz CT molecular complexity index is 274. The number of carbonyl (C=O) groups is 2. The summed E-state index contributed by atoms with van der Waals surface area (Å²) in [5, 5.41) is 2.96. The van der Waals surface area contributed by atoms with E-state index in [1.165, 1.54) is 0 Å². The summed E-state index contributed by atoms with van der Waals surface area (Å²) in [7, 11) is 0. The minimum absolute atomic E-state index is 0.0426. The van der Waals surface area contributed by atoms with Crippen LogP contribution in [-0.2, 0) is 9.59 Å². The van der Waals surface area contributed by atoms with Crippen molar-refractivity contribution in [2.75, 3.05) is 0 Å². The van der Waals surface area contributed by atoms with E-state index in [0.29, 0.717) is 6.04 Å². The second-order valence-corrected chi connectivity index (χ2v) is 4.68. The molecular formula is C11H18N2O2. The summed E-state index contributed by atoms with van der Waals surface area (Å²) < 4.78 is 0. The molecule has 0 aliphatic heterocycles. The van der Waals surface area contributed by atoms with Crippen molar-refractivity contribution in [1.82, 2.24) is 5.32 Å². The third-order valence-corrected chi connectivity index (χ3v) is 3.39. The fourth-order valence-electron chi connectivity index (χ4n) is 2.32. The number of primary amides is 1. The molecule has 0 aromatic carbocycles. The van der Waals surface area contributed by atoms with E-state index < -0.39 is 0 Å². The molecule has 0 spiro atoms. The zero-order chi connectivity index (χ0) is 10.8. The van der Waals surface area contributed by atoms with Crippen molar-refractivity contribution in [2.24, 2.45) is 17.6 Å². The fraction of sp³-hybridized carbons (Fsp3) is 0.818. The van der Waals surface area contributed by atoms with Gasteiger partial charge in [0.2, 0.25) is 11.8 Å². The van der Waals surface area contributed by atoms with Gasteiger partial charge >= 0.3 is 0 Å². The topological polar surface area (TPSA) is 72.2 Å². The summed E-state index contributed by atoms with van der Waals surface area (Å²) in [6, 6.07) is 0.368. The van der Waals surface area contributed by atoms with Crippen molar-refractivity contribution in [3.63, 3.8) is 0 Å². The Morgan fingerprint density at radius 3 is 2.13 bits per heavy atom. The Hall–Kier alpha value is -1.06. The molecular weight excluding hydrogens is 192 g/mol. The van der Waals surface area contributed by atoms with Gasteiger partial charge in [0.25, 0.3) is 0 Å². The minimum atomic E-state index is -0.314. The molecule has 0 aromatic heterocycles. The molecule has 2 aliphatic rings. The van der Waals surface area contributed by atoms with Gasteiger partial charge in [0.15, 0.2) is 0 Å². The van der Waals surface area contributed by atoms with Gasteiger partial charge in [0.05, 0.1) is 0 Å². The van der Waals surface area contributed by atoms with Gasteiger partial charge in [-0.25, -0.2) is 0 Å². The van der Waals surface area contributed by atoms with Crippen LogP contribution in [0.4, 0.5) is 0 Å². The van der Waals surface area contributed by atoms with E-state index in [4.69, 9.17) is 5.73 Å². The molecule has 3 N–H and O–H groups in total. The van der Waals surface area contributed by atoms with E-state index in [0.717, 1.165) is 38.5 Å². The molecule has 2 unspecified atom stereocenters. The fourth-order valence-corrected chi connectivity index (χ4v) is 2.32. The second-order valence-electron chi connectivity index (χ2n) is 4.68. The Kier molecular flexibility index (Phi) is 2.93. The molecule has 2 atom stereocenters. The molecule has 2 saturated carbocycles. The first-order valence-electron chi connectivity index (χ1n) is 5.78. The molecule has 4 heteroatoms. The third-order valence-electron chi connectivity index (χ3n) is 3.39. The Labute approximate surface area is 89.6 Å². The van der Waals surface area contributed by atoms with Crippen molar-refractivity contribution in [2.45, 2.75) is 44.6 Å². The van der Waals surface area contributed by atoms with Crippen molar-refractivity contribution in [3.8, 4) is 0 Å². The molecule has 15 heavy (non-hydrogen) atoms. The summed E-state index contributed by atoms with van der Waals surface area (Å²) in [4.78, 5) is 23.1. The van der Waals surface area contributed by atoms with E-state index in [9.17, 15) is 9.59 Å². The quantitative estimate of drug-likeness (QED) is 0.714. The zero-order valence-corrected chi connectivity index (χ0v) is 8.87. The maximum absolute atomic E-state index is 11.8. The van der Waals surface area contributed by atoms with Crippen LogP contribution in [0.2, 0.25) is 0 Å². The number of amides is 2. The highest BCUT2D eigenvalue weighted by Crippen LogP contribution is 2.31. The number of hydrogen-bond acceptors (Lipinski definition) is 2. The highest BCUT2D eigenvalue weighted by molar-refractivity contribution is 5.87. The minimum Gasteiger partial charge on any atom is -0.369 e. The lowest BCUT2D eigenvalue weighted by molar-refractivity contribution is -0.135. The largest absolute Gasteiger partial charge is 0.369 e. The van der Waals surface area contributed by atoms with Crippen LogP contribution in [0.15, 0.2) is 0 Å². The van der Waals surface area contributed by atoms with E-state index in [1.807, 2.05) is 0 Å².